The van der Waals surface area contributed by atoms with Crippen molar-refractivity contribution in [2.75, 3.05) is 6.54 Å². The van der Waals surface area contributed by atoms with Crippen molar-refractivity contribution in [1.82, 2.24) is 5.32 Å². The van der Waals surface area contributed by atoms with Crippen LogP contribution in [0.4, 0.5) is 13.2 Å². The highest BCUT2D eigenvalue weighted by atomic mass is 19.3. The number of hydrogen-bond acceptors (Lipinski definition) is 3. The molecular weight excluding hydrogens is 299 g/mol. The predicted molar refractivity (Wildman–Crippen MR) is 73.1 cm³/mol. The van der Waals surface area contributed by atoms with E-state index in [-0.39, 0.29) is 24.3 Å². The molecule has 1 saturated carbocycles. The highest BCUT2D eigenvalue weighted by Crippen LogP contribution is 2.24. The molecular formula is C15H18F3NO3. The normalized spacial score (nSPS) is 21.1. The molecule has 2 atom stereocenters. The summed E-state index contributed by atoms with van der Waals surface area (Å²) < 4.78 is 41.6. The fourth-order valence-corrected chi connectivity index (χ4v) is 2.59. The molecule has 22 heavy (non-hydrogen) atoms. The quantitative estimate of drug-likeness (QED) is 0.846. The molecule has 1 aliphatic rings. The second-order valence-corrected chi connectivity index (χ2v) is 5.38. The fraction of sp³-hybridized carbons (Fsp3) is 0.533. The van der Waals surface area contributed by atoms with Gasteiger partial charge in [-0.3, -0.25) is 4.79 Å². The van der Waals surface area contributed by atoms with Crippen LogP contribution in [0.2, 0.25) is 0 Å². The topological polar surface area (TPSA) is 58.6 Å². The number of hydrogen-bond donors (Lipinski definition) is 2. The summed E-state index contributed by atoms with van der Waals surface area (Å²) >= 11 is 0. The number of alkyl halides is 2. The molecule has 0 radical (unpaired) electrons. The third-order valence-electron chi connectivity index (χ3n) is 3.76. The number of ether oxygens (including phenoxy) is 1. The first-order chi connectivity index (χ1) is 10.5. The van der Waals surface area contributed by atoms with Gasteiger partial charge in [0.25, 0.3) is 0 Å². The Bertz CT molecular complexity index is 525. The van der Waals surface area contributed by atoms with E-state index in [1.807, 2.05) is 0 Å². The van der Waals surface area contributed by atoms with Crippen LogP contribution in [0.1, 0.15) is 24.8 Å². The molecule has 0 spiro atoms. The number of carbonyl (C=O) groups excluding carboxylic acids is 1. The van der Waals surface area contributed by atoms with Gasteiger partial charge >= 0.3 is 6.61 Å². The molecule has 0 bridgehead atoms. The van der Waals surface area contributed by atoms with Crippen molar-refractivity contribution in [3.05, 3.63) is 29.6 Å². The van der Waals surface area contributed by atoms with E-state index in [0.29, 0.717) is 12.1 Å². The smallest absolute Gasteiger partial charge is 0.387 e. The van der Waals surface area contributed by atoms with Gasteiger partial charge in [0.05, 0.1) is 12.5 Å². The van der Waals surface area contributed by atoms with Gasteiger partial charge in [0.2, 0.25) is 5.91 Å². The number of aliphatic hydroxyl groups excluding tert-OH is 1. The molecule has 1 aromatic carbocycles. The van der Waals surface area contributed by atoms with Crippen LogP contribution in [0, 0.1) is 11.7 Å². The first-order valence-electron chi connectivity index (χ1n) is 7.13. The molecule has 122 valence electrons. The van der Waals surface area contributed by atoms with Gasteiger partial charge in [-0.05, 0) is 30.5 Å². The molecule has 0 unspecified atom stereocenters. The van der Waals surface area contributed by atoms with Crippen LogP contribution in [0.15, 0.2) is 18.2 Å². The van der Waals surface area contributed by atoms with Crippen molar-refractivity contribution >= 4 is 5.91 Å². The van der Waals surface area contributed by atoms with Gasteiger partial charge in [-0.25, -0.2) is 4.39 Å². The Balaban J connectivity index is 1.84. The fourth-order valence-electron chi connectivity index (χ4n) is 2.59. The largest absolute Gasteiger partial charge is 0.432 e. The lowest BCUT2D eigenvalue weighted by Crippen LogP contribution is -2.33. The van der Waals surface area contributed by atoms with Gasteiger partial charge in [0.15, 0.2) is 11.6 Å². The maximum absolute atomic E-state index is 13.5. The Morgan fingerprint density at radius 1 is 1.41 bits per heavy atom. The summed E-state index contributed by atoms with van der Waals surface area (Å²) in [5.41, 5.74) is 0.364. The third-order valence-corrected chi connectivity index (χ3v) is 3.76. The SMILES string of the molecule is O=C(Cc1ccc(OC(F)F)c(F)c1)NC[C@@H]1CCC[C@H]1O. The first-order valence-corrected chi connectivity index (χ1v) is 7.13. The standard InChI is InChI=1S/C15H18F3NO3/c16-11-6-9(4-5-13(11)22-15(17)18)7-14(21)19-8-10-2-1-3-12(10)20/h4-6,10,12,15,20H,1-3,7-8H2,(H,19,21)/t10-,12+/m0/s1. The van der Waals surface area contributed by atoms with E-state index >= 15 is 0 Å². The van der Waals surface area contributed by atoms with Crippen LogP contribution in [-0.2, 0) is 11.2 Å². The summed E-state index contributed by atoms with van der Waals surface area (Å²) in [4.78, 5) is 11.8. The summed E-state index contributed by atoms with van der Waals surface area (Å²) in [5.74, 6) is -1.73. The lowest BCUT2D eigenvalue weighted by Gasteiger charge is -2.15. The van der Waals surface area contributed by atoms with Crippen molar-refractivity contribution in [2.45, 2.75) is 38.4 Å². The second-order valence-electron chi connectivity index (χ2n) is 5.38. The zero-order chi connectivity index (χ0) is 16.1. The zero-order valence-corrected chi connectivity index (χ0v) is 11.9. The molecule has 0 aliphatic heterocycles. The van der Waals surface area contributed by atoms with Gasteiger partial charge in [-0.1, -0.05) is 12.5 Å². The molecule has 4 nitrogen and oxygen atoms in total. The predicted octanol–water partition coefficient (Wildman–Crippen LogP) is 2.25. The van der Waals surface area contributed by atoms with Crippen molar-refractivity contribution in [3.8, 4) is 5.75 Å². The van der Waals surface area contributed by atoms with Crippen LogP contribution in [0.3, 0.4) is 0 Å². The average molecular weight is 317 g/mol. The Kier molecular flexibility index (Phi) is 5.65. The number of amides is 1. The summed E-state index contributed by atoms with van der Waals surface area (Å²) in [6, 6.07) is 3.44. The van der Waals surface area contributed by atoms with E-state index in [1.165, 1.54) is 6.07 Å². The van der Waals surface area contributed by atoms with Gasteiger partial charge in [0.1, 0.15) is 0 Å². The van der Waals surface area contributed by atoms with Crippen molar-refractivity contribution in [3.63, 3.8) is 0 Å². The molecule has 0 aromatic heterocycles. The van der Waals surface area contributed by atoms with Crippen LogP contribution < -0.4 is 10.1 Å². The molecule has 7 heteroatoms. The molecule has 1 amide bonds. The third kappa shape index (κ3) is 4.62. The van der Waals surface area contributed by atoms with Crippen LogP contribution >= 0.6 is 0 Å². The molecule has 0 heterocycles. The average Bonchev–Trinajstić information content (AvgIpc) is 2.85. The maximum atomic E-state index is 13.5. The van der Waals surface area contributed by atoms with E-state index in [9.17, 15) is 23.1 Å². The van der Waals surface area contributed by atoms with E-state index in [2.05, 4.69) is 10.1 Å². The summed E-state index contributed by atoms with van der Waals surface area (Å²) in [5, 5.41) is 12.4. The number of benzene rings is 1. The van der Waals surface area contributed by atoms with Gasteiger partial charge < -0.3 is 15.2 Å². The van der Waals surface area contributed by atoms with E-state index in [1.54, 1.807) is 0 Å². The van der Waals surface area contributed by atoms with Crippen molar-refractivity contribution < 1.29 is 27.8 Å². The number of carbonyl (C=O) groups is 1. The molecule has 2 N–H and O–H groups in total. The second kappa shape index (κ2) is 7.49. The maximum Gasteiger partial charge on any atom is 0.387 e. The van der Waals surface area contributed by atoms with Gasteiger partial charge in [-0.2, -0.15) is 8.78 Å². The number of aliphatic hydroxyl groups is 1. The summed E-state index contributed by atoms with van der Waals surface area (Å²) in [7, 11) is 0. The zero-order valence-electron chi connectivity index (χ0n) is 11.9. The van der Waals surface area contributed by atoms with Gasteiger partial charge in [0, 0.05) is 12.5 Å². The lowest BCUT2D eigenvalue weighted by atomic mass is 10.1. The van der Waals surface area contributed by atoms with Crippen LogP contribution in [0.25, 0.3) is 0 Å². The van der Waals surface area contributed by atoms with E-state index < -0.39 is 18.2 Å². The minimum atomic E-state index is -3.10. The molecule has 1 aliphatic carbocycles. The summed E-state index contributed by atoms with van der Waals surface area (Å²) in [6.45, 7) is -2.71. The lowest BCUT2D eigenvalue weighted by molar-refractivity contribution is -0.120. The highest BCUT2D eigenvalue weighted by molar-refractivity contribution is 5.78. The molecule has 2 rings (SSSR count). The number of halogens is 3. The minimum absolute atomic E-state index is 0.0579. The monoisotopic (exact) mass is 317 g/mol. The van der Waals surface area contributed by atoms with E-state index in [4.69, 9.17) is 0 Å². The number of rotatable bonds is 6. The minimum Gasteiger partial charge on any atom is -0.432 e. The molecule has 1 fully saturated rings. The highest BCUT2D eigenvalue weighted by Gasteiger charge is 2.25. The van der Waals surface area contributed by atoms with Crippen molar-refractivity contribution in [2.24, 2.45) is 5.92 Å². The molecule has 0 saturated heterocycles. The Hall–Kier alpha value is -1.76. The van der Waals surface area contributed by atoms with Crippen molar-refractivity contribution in [1.29, 1.82) is 0 Å². The van der Waals surface area contributed by atoms with Crippen LogP contribution in [-0.4, -0.2) is 30.3 Å². The van der Waals surface area contributed by atoms with Crippen LogP contribution in [0.5, 0.6) is 5.75 Å². The van der Waals surface area contributed by atoms with Gasteiger partial charge in [-0.15, -0.1) is 0 Å². The Labute approximate surface area is 126 Å². The molecule has 1 aromatic rings. The number of nitrogens with one attached hydrogen (secondary N) is 1. The van der Waals surface area contributed by atoms with E-state index in [0.717, 1.165) is 31.4 Å². The Morgan fingerprint density at radius 3 is 2.77 bits per heavy atom. The summed E-state index contributed by atoms with van der Waals surface area (Å²) in [6.07, 6.45) is 2.11. The first kappa shape index (κ1) is 16.6. The Morgan fingerprint density at radius 2 is 2.18 bits per heavy atom.